The second kappa shape index (κ2) is 5.45. The minimum absolute atomic E-state index is 0.160. The molecule has 21 heavy (non-hydrogen) atoms. The molecule has 0 bridgehead atoms. The van der Waals surface area contributed by atoms with Crippen LogP contribution in [0.5, 0.6) is 0 Å². The number of carbonyl (C=O) groups is 1. The summed E-state index contributed by atoms with van der Waals surface area (Å²) < 4.78 is 0.674. The highest BCUT2D eigenvalue weighted by atomic mass is 79.9. The van der Waals surface area contributed by atoms with Crippen LogP contribution < -0.4 is 10.9 Å². The Bertz CT molecular complexity index is 874. The summed E-state index contributed by atoms with van der Waals surface area (Å²) in [5.41, 5.74) is 0.376. The zero-order valence-electron chi connectivity index (χ0n) is 10.6. The molecular formula is C14H9BrN4O2. The van der Waals surface area contributed by atoms with Crippen molar-refractivity contribution in [3.63, 3.8) is 0 Å². The van der Waals surface area contributed by atoms with Gasteiger partial charge in [-0.05, 0) is 34.1 Å². The fourth-order valence-corrected chi connectivity index (χ4v) is 2.16. The normalized spacial score (nSPS) is 10.5. The maximum absolute atomic E-state index is 12.3. The van der Waals surface area contributed by atoms with Gasteiger partial charge in [-0.25, -0.2) is 10.1 Å². The summed E-state index contributed by atoms with van der Waals surface area (Å²) in [4.78, 5) is 28.0. The Labute approximate surface area is 127 Å². The van der Waals surface area contributed by atoms with Crippen molar-refractivity contribution in [3.05, 3.63) is 63.2 Å². The molecule has 0 spiro atoms. The van der Waals surface area contributed by atoms with E-state index in [-0.39, 0.29) is 11.3 Å². The molecule has 2 aromatic heterocycles. The molecule has 0 aliphatic rings. The number of amides is 1. The van der Waals surface area contributed by atoms with Gasteiger partial charge in [0.25, 0.3) is 11.5 Å². The Morgan fingerprint density at radius 1 is 1.14 bits per heavy atom. The highest BCUT2D eigenvalue weighted by Crippen LogP contribution is 2.15. The molecule has 104 valence electrons. The van der Waals surface area contributed by atoms with Crippen LogP contribution in [0, 0.1) is 0 Å². The number of pyridine rings is 1. The van der Waals surface area contributed by atoms with E-state index >= 15 is 0 Å². The molecular weight excluding hydrogens is 336 g/mol. The van der Waals surface area contributed by atoms with Crippen molar-refractivity contribution in [3.8, 4) is 0 Å². The van der Waals surface area contributed by atoms with Crippen molar-refractivity contribution >= 4 is 38.3 Å². The Hall–Kier alpha value is -2.54. The molecule has 2 N–H and O–H groups in total. The second-order valence-corrected chi connectivity index (χ2v) is 5.08. The molecule has 2 heterocycles. The molecule has 7 heteroatoms. The Morgan fingerprint density at radius 3 is 2.62 bits per heavy atom. The van der Waals surface area contributed by atoms with Crippen molar-refractivity contribution in [2.24, 2.45) is 0 Å². The van der Waals surface area contributed by atoms with Crippen LogP contribution in [0.15, 0.2) is 52.0 Å². The molecule has 0 saturated heterocycles. The van der Waals surface area contributed by atoms with Crippen molar-refractivity contribution in [2.45, 2.75) is 0 Å². The van der Waals surface area contributed by atoms with E-state index in [1.54, 1.807) is 36.4 Å². The number of nitrogens with zero attached hydrogens (tertiary/aromatic N) is 2. The van der Waals surface area contributed by atoms with Crippen LogP contribution in [0.25, 0.3) is 10.8 Å². The Kier molecular flexibility index (Phi) is 3.49. The lowest BCUT2D eigenvalue weighted by Crippen LogP contribution is -2.19. The monoisotopic (exact) mass is 344 g/mol. The molecule has 0 radical (unpaired) electrons. The first-order valence-corrected chi connectivity index (χ1v) is 6.85. The lowest BCUT2D eigenvalue weighted by molar-refractivity contribution is 0.102. The summed E-state index contributed by atoms with van der Waals surface area (Å²) in [7, 11) is 0. The minimum Gasteiger partial charge on any atom is -0.319 e. The molecule has 6 nitrogen and oxygen atoms in total. The number of hydrogen-bond acceptors (Lipinski definition) is 4. The molecule has 0 aliphatic heterocycles. The van der Waals surface area contributed by atoms with Gasteiger partial charge in [-0.3, -0.25) is 9.59 Å². The number of rotatable bonds is 2. The molecule has 0 unspecified atom stereocenters. The first kappa shape index (κ1) is 13.4. The predicted molar refractivity (Wildman–Crippen MR) is 82.3 cm³/mol. The van der Waals surface area contributed by atoms with Crippen LogP contribution in [0.3, 0.4) is 0 Å². The minimum atomic E-state index is -0.411. The largest absolute Gasteiger partial charge is 0.319 e. The third-order valence-corrected chi connectivity index (χ3v) is 3.37. The lowest BCUT2D eigenvalue weighted by atomic mass is 10.1. The summed E-state index contributed by atoms with van der Waals surface area (Å²) in [5, 5.41) is 9.79. The maximum Gasteiger partial charge on any atom is 0.276 e. The van der Waals surface area contributed by atoms with Crippen molar-refractivity contribution in [1.29, 1.82) is 0 Å². The third-order valence-electron chi connectivity index (χ3n) is 2.90. The van der Waals surface area contributed by atoms with Gasteiger partial charge in [0.2, 0.25) is 0 Å². The number of hydrogen-bond donors (Lipinski definition) is 2. The van der Waals surface area contributed by atoms with Gasteiger partial charge in [-0.2, -0.15) is 5.10 Å². The average Bonchev–Trinajstić information content (AvgIpc) is 2.50. The van der Waals surface area contributed by atoms with Crippen LogP contribution in [0.4, 0.5) is 5.69 Å². The molecule has 1 amide bonds. The Morgan fingerprint density at radius 2 is 1.90 bits per heavy atom. The summed E-state index contributed by atoms with van der Waals surface area (Å²) in [6, 6.07) is 10.2. The van der Waals surface area contributed by atoms with Gasteiger partial charge in [0.05, 0.1) is 17.3 Å². The predicted octanol–water partition coefficient (Wildman–Crippen LogP) is 2.33. The van der Waals surface area contributed by atoms with Gasteiger partial charge < -0.3 is 5.32 Å². The van der Waals surface area contributed by atoms with Gasteiger partial charge in [0.15, 0.2) is 5.69 Å². The zero-order chi connectivity index (χ0) is 14.8. The highest BCUT2D eigenvalue weighted by Gasteiger charge is 2.14. The van der Waals surface area contributed by atoms with Crippen LogP contribution in [-0.2, 0) is 0 Å². The summed E-state index contributed by atoms with van der Waals surface area (Å²) in [6.45, 7) is 0. The van der Waals surface area contributed by atoms with E-state index in [4.69, 9.17) is 0 Å². The van der Waals surface area contributed by atoms with Crippen LogP contribution in [-0.4, -0.2) is 21.1 Å². The number of aromatic nitrogens is 3. The van der Waals surface area contributed by atoms with Crippen LogP contribution in [0.1, 0.15) is 10.5 Å². The fraction of sp³-hybridized carbons (Fsp3) is 0. The number of halogens is 1. The van der Waals surface area contributed by atoms with E-state index in [0.717, 1.165) is 0 Å². The van der Waals surface area contributed by atoms with E-state index in [1.165, 1.54) is 6.20 Å². The summed E-state index contributed by atoms with van der Waals surface area (Å²) in [6.07, 6.45) is 1.52. The maximum atomic E-state index is 12.3. The lowest BCUT2D eigenvalue weighted by Gasteiger charge is -2.06. The fourth-order valence-electron chi connectivity index (χ4n) is 1.93. The number of H-pyrrole nitrogens is 1. The Balaban J connectivity index is 2.00. The quantitative estimate of drug-likeness (QED) is 0.698. The SMILES string of the molecule is O=C(Nc1ccc(Br)nc1)c1n[nH]c(=O)c2ccccc12. The van der Waals surface area contributed by atoms with Crippen molar-refractivity contribution in [2.75, 3.05) is 5.32 Å². The van der Waals surface area contributed by atoms with Gasteiger partial charge in [0.1, 0.15) is 4.60 Å². The average molecular weight is 345 g/mol. The van der Waals surface area contributed by atoms with Gasteiger partial charge >= 0.3 is 0 Å². The van der Waals surface area contributed by atoms with Crippen molar-refractivity contribution in [1.82, 2.24) is 15.2 Å². The molecule has 3 rings (SSSR count). The molecule has 3 aromatic rings. The van der Waals surface area contributed by atoms with Gasteiger partial charge in [-0.15, -0.1) is 0 Å². The number of nitrogens with one attached hydrogen (secondary N) is 2. The summed E-state index contributed by atoms with van der Waals surface area (Å²) in [5.74, 6) is -0.411. The van der Waals surface area contributed by atoms with E-state index < -0.39 is 5.91 Å². The molecule has 0 saturated carbocycles. The van der Waals surface area contributed by atoms with Gasteiger partial charge in [-0.1, -0.05) is 18.2 Å². The number of aromatic amines is 1. The van der Waals surface area contributed by atoms with Crippen LogP contribution >= 0.6 is 15.9 Å². The number of fused-ring (bicyclic) bond motifs is 1. The van der Waals surface area contributed by atoms with E-state index in [2.05, 4.69) is 36.4 Å². The van der Waals surface area contributed by atoms with Crippen molar-refractivity contribution < 1.29 is 4.79 Å². The van der Waals surface area contributed by atoms with E-state index in [9.17, 15) is 9.59 Å². The topological polar surface area (TPSA) is 87.7 Å². The third kappa shape index (κ3) is 2.68. The molecule has 0 aliphatic carbocycles. The number of anilines is 1. The van der Waals surface area contributed by atoms with Gasteiger partial charge in [0, 0.05) is 5.39 Å². The molecule has 0 fully saturated rings. The number of carbonyl (C=O) groups excluding carboxylic acids is 1. The smallest absolute Gasteiger partial charge is 0.276 e. The highest BCUT2D eigenvalue weighted by molar-refractivity contribution is 9.10. The molecule has 0 atom stereocenters. The van der Waals surface area contributed by atoms with E-state index in [1.807, 2.05) is 0 Å². The van der Waals surface area contributed by atoms with E-state index in [0.29, 0.717) is 21.1 Å². The second-order valence-electron chi connectivity index (χ2n) is 4.27. The summed E-state index contributed by atoms with van der Waals surface area (Å²) >= 11 is 3.22. The van der Waals surface area contributed by atoms with Crippen LogP contribution in [0.2, 0.25) is 0 Å². The number of benzene rings is 1. The molecule has 1 aromatic carbocycles. The standard InChI is InChI=1S/C14H9BrN4O2/c15-11-6-5-8(7-16-11)17-14(21)12-9-3-1-2-4-10(9)13(20)19-18-12/h1-7H,(H,17,21)(H,19,20). The zero-order valence-corrected chi connectivity index (χ0v) is 12.2. The first-order chi connectivity index (χ1) is 10.1. The first-order valence-electron chi connectivity index (χ1n) is 6.05.